The minimum Gasteiger partial charge on any atom is -0.462 e. The van der Waals surface area contributed by atoms with Gasteiger partial charge in [0.2, 0.25) is 0 Å². The number of aromatic amines is 1. The summed E-state index contributed by atoms with van der Waals surface area (Å²) >= 11 is 11.3. The van der Waals surface area contributed by atoms with E-state index in [-0.39, 0.29) is 0 Å². The number of nitrogens with one attached hydrogen (secondary N) is 2. The highest BCUT2D eigenvalue weighted by Crippen LogP contribution is 2.28. The molecule has 0 saturated heterocycles. The summed E-state index contributed by atoms with van der Waals surface area (Å²) in [5.74, 6) is -0.424. The van der Waals surface area contributed by atoms with Gasteiger partial charge in [0.25, 0.3) is 0 Å². The van der Waals surface area contributed by atoms with Crippen LogP contribution in [-0.4, -0.2) is 44.0 Å². The first-order valence-corrected chi connectivity index (χ1v) is 13.0. The summed E-state index contributed by atoms with van der Waals surface area (Å²) < 4.78 is 12.9. The molecule has 0 bridgehead atoms. The number of thiazole rings is 1. The second kappa shape index (κ2) is 12.9. The maximum atomic E-state index is 12.2. The van der Waals surface area contributed by atoms with Gasteiger partial charge in [-0.25, -0.2) is 4.79 Å². The predicted octanol–water partition coefficient (Wildman–Crippen LogP) is 6.52. The van der Waals surface area contributed by atoms with Crippen LogP contribution in [0.1, 0.15) is 32.3 Å². The topological polar surface area (TPSA) is 66.6 Å². The Morgan fingerprint density at radius 1 is 1.24 bits per heavy atom. The van der Waals surface area contributed by atoms with E-state index in [9.17, 15) is 4.79 Å². The number of rotatable bonds is 13. The lowest BCUT2D eigenvalue weighted by atomic mass is 10.1. The molecule has 1 heterocycles. The molecule has 0 unspecified atom stereocenters. The molecular weight excluding hydrogens is 486 g/mol. The summed E-state index contributed by atoms with van der Waals surface area (Å²) in [4.78, 5) is 18.3. The number of esters is 1. The van der Waals surface area contributed by atoms with Crippen molar-refractivity contribution in [2.24, 2.45) is 0 Å². The number of fused-ring (bicyclic) bond motifs is 1. The number of unbranched alkanes of at least 4 members (excludes halogenated alkanes) is 1. The van der Waals surface area contributed by atoms with Gasteiger partial charge in [0.05, 0.1) is 29.0 Å². The van der Waals surface area contributed by atoms with Gasteiger partial charge in [-0.05, 0) is 62.0 Å². The molecule has 0 fully saturated rings. The maximum absolute atomic E-state index is 12.2. The van der Waals surface area contributed by atoms with Crippen LogP contribution in [0.2, 0.25) is 0 Å². The van der Waals surface area contributed by atoms with Crippen LogP contribution >= 0.6 is 36.2 Å². The highest BCUT2D eigenvalue weighted by Gasteiger charge is 2.16. The van der Waals surface area contributed by atoms with Crippen molar-refractivity contribution >= 4 is 69.3 Å². The van der Waals surface area contributed by atoms with E-state index >= 15 is 0 Å². The molecular formula is C25H31N3O3S3. The van der Waals surface area contributed by atoms with Crippen molar-refractivity contribution in [1.82, 2.24) is 4.98 Å². The maximum Gasteiger partial charge on any atom is 0.338 e. The van der Waals surface area contributed by atoms with Crippen molar-refractivity contribution in [2.45, 2.75) is 31.6 Å². The molecule has 1 aromatic heterocycles. The first-order valence-electron chi connectivity index (χ1n) is 11.3. The predicted molar refractivity (Wildman–Crippen MR) is 148 cm³/mol. The summed E-state index contributed by atoms with van der Waals surface area (Å²) in [5, 5.41) is 3.30. The summed E-state index contributed by atoms with van der Waals surface area (Å²) in [5.41, 5.74) is 4.00. The summed E-state index contributed by atoms with van der Waals surface area (Å²) in [6.45, 7) is 10.7. The zero-order valence-corrected chi connectivity index (χ0v) is 22.1. The quantitative estimate of drug-likeness (QED) is 0.0599. The smallest absolute Gasteiger partial charge is 0.338 e. The minimum atomic E-state index is -0.424. The van der Waals surface area contributed by atoms with E-state index in [0.29, 0.717) is 36.0 Å². The fraction of sp³-hybridized carbons (Fsp3) is 0.360. The summed E-state index contributed by atoms with van der Waals surface area (Å²) in [6, 6.07) is 12.0. The summed E-state index contributed by atoms with van der Waals surface area (Å²) in [7, 11) is 0. The van der Waals surface area contributed by atoms with Crippen molar-refractivity contribution in [2.75, 3.05) is 43.3 Å². The molecule has 34 heavy (non-hydrogen) atoms. The van der Waals surface area contributed by atoms with Crippen LogP contribution in [0.3, 0.4) is 0 Å². The lowest BCUT2D eigenvalue weighted by Crippen LogP contribution is -2.29. The van der Waals surface area contributed by atoms with Gasteiger partial charge in [0.15, 0.2) is 3.95 Å². The van der Waals surface area contributed by atoms with Gasteiger partial charge in [0, 0.05) is 34.9 Å². The molecule has 0 radical (unpaired) electrons. The fourth-order valence-corrected chi connectivity index (χ4v) is 4.82. The number of benzene rings is 2. The number of nitrogens with zero attached hydrogens (tertiary/aromatic N) is 1. The molecule has 6 nitrogen and oxygen atoms in total. The Hall–Kier alpha value is -2.33. The van der Waals surface area contributed by atoms with Crippen molar-refractivity contribution in [3.05, 3.63) is 52.5 Å². The van der Waals surface area contributed by atoms with Gasteiger partial charge in [0.1, 0.15) is 6.73 Å². The van der Waals surface area contributed by atoms with Crippen LogP contribution in [0, 0.1) is 3.95 Å². The molecule has 182 valence electrons. The molecule has 3 aromatic rings. The first-order chi connectivity index (χ1) is 16.4. The Labute approximate surface area is 215 Å². The second-order valence-electron chi connectivity index (χ2n) is 7.70. The molecule has 2 N–H and O–H groups in total. The van der Waals surface area contributed by atoms with Crippen LogP contribution in [0.15, 0.2) is 47.9 Å². The average Bonchev–Trinajstić information content (AvgIpc) is 3.20. The van der Waals surface area contributed by atoms with E-state index in [1.807, 2.05) is 36.4 Å². The number of hydrogen-bond donors (Lipinski definition) is 3. The number of thiol groups is 1. The number of carbonyl (C=O) groups excluding carboxylic acids is 1. The molecule has 0 saturated carbocycles. The molecule has 0 amide bonds. The summed E-state index contributed by atoms with van der Waals surface area (Å²) in [6.07, 6.45) is 2.14. The van der Waals surface area contributed by atoms with E-state index in [4.69, 9.17) is 21.7 Å². The highest BCUT2D eigenvalue weighted by atomic mass is 32.1. The van der Waals surface area contributed by atoms with E-state index in [2.05, 4.69) is 41.3 Å². The number of carbonyl (C=O) groups is 1. The Morgan fingerprint density at radius 2 is 2.06 bits per heavy atom. The number of H-pyrrole nitrogens is 1. The van der Waals surface area contributed by atoms with Gasteiger partial charge >= 0.3 is 5.97 Å². The number of anilines is 2. The van der Waals surface area contributed by atoms with Crippen LogP contribution in [0.4, 0.5) is 11.4 Å². The third kappa shape index (κ3) is 7.09. The van der Waals surface area contributed by atoms with Gasteiger partial charge in [-0.2, -0.15) is 0 Å². The molecule has 0 atom stereocenters. The Morgan fingerprint density at radius 3 is 2.82 bits per heavy atom. The first kappa shape index (κ1) is 26.3. The fourth-order valence-electron chi connectivity index (χ4n) is 3.45. The largest absolute Gasteiger partial charge is 0.462 e. The van der Waals surface area contributed by atoms with Crippen molar-refractivity contribution in [3.8, 4) is 0 Å². The van der Waals surface area contributed by atoms with Gasteiger partial charge in [-0.15, -0.1) is 24.0 Å². The Bertz CT molecular complexity index is 1190. The Kier molecular flexibility index (Phi) is 10.0. The molecule has 0 aliphatic heterocycles. The van der Waals surface area contributed by atoms with Crippen LogP contribution in [0.25, 0.3) is 15.8 Å². The third-order valence-corrected chi connectivity index (χ3v) is 6.88. The monoisotopic (exact) mass is 517 g/mol. The number of hydrogen-bond acceptors (Lipinski definition) is 8. The molecule has 0 aliphatic rings. The lowest BCUT2D eigenvalue weighted by molar-refractivity contribution is -0.136. The SMILES string of the molecule is C=C(C(=O)OCC)c1cc(N(CCCC)CCOCNc2ccc3sc(=S)[nH]c3c2)ccc1S. The third-order valence-electron chi connectivity index (χ3n) is 5.28. The van der Waals surface area contributed by atoms with E-state index in [0.717, 1.165) is 51.5 Å². The highest BCUT2D eigenvalue weighted by molar-refractivity contribution is 7.80. The normalized spacial score (nSPS) is 10.9. The lowest BCUT2D eigenvalue weighted by Gasteiger charge is -2.26. The standard InChI is InChI=1S/C25H31N3O3S3/c1-4-6-11-28(19-8-9-22(32)20(15-19)17(3)24(29)31-5-2)12-13-30-16-26-18-7-10-23-21(14-18)27-25(33)34-23/h7-10,14-15,26,32H,3-6,11-13,16H2,1-2H3,(H,27,33). The van der Waals surface area contributed by atoms with Crippen LogP contribution in [-0.2, 0) is 14.3 Å². The minimum absolute atomic E-state index is 0.307. The van der Waals surface area contributed by atoms with Crippen molar-refractivity contribution < 1.29 is 14.3 Å². The molecule has 0 aliphatic carbocycles. The van der Waals surface area contributed by atoms with Crippen molar-refractivity contribution in [1.29, 1.82) is 0 Å². The van der Waals surface area contributed by atoms with Gasteiger partial charge in [-0.1, -0.05) is 19.9 Å². The Balaban J connectivity index is 1.59. The molecule has 9 heteroatoms. The van der Waals surface area contributed by atoms with Crippen LogP contribution in [0.5, 0.6) is 0 Å². The van der Waals surface area contributed by atoms with E-state index < -0.39 is 5.97 Å². The van der Waals surface area contributed by atoms with Crippen molar-refractivity contribution in [3.63, 3.8) is 0 Å². The zero-order chi connectivity index (χ0) is 24.5. The average molecular weight is 518 g/mol. The van der Waals surface area contributed by atoms with Gasteiger partial charge < -0.3 is 24.7 Å². The molecule has 2 aromatic carbocycles. The zero-order valence-electron chi connectivity index (χ0n) is 19.6. The number of aromatic nitrogens is 1. The number of ether oxygens (including phenoxy) is 2. The second-order valence-corrected chi connectivity index (χ2v) is 9.90. The molecule has 0 spiro atoms. The van der Waals surface area contributed by atoms with E-state index in [1.165, 1.54) is 0 Å². The van der Waals surface area contributed by atoms with Gasteiger partial charge in [-0.3, -0.25) is 0 Å². The van der Waals surface area contributed by atoms with E-state index in [1.54, 1.807) is 18.3 Å². The molecule has 3 rings (SSSR count). The van der Waals surface area contributed by atoms with Crippen LogP contribution < -0.4 is 10.2 Å².